The Bertz CT molecular complexity index is 173. The first kappa shape index (κ1) is 11.7. The molecule has 1 fully saturated rings. The van der Waals surface area contributed by atoms with Gasteiger partial charge in [-0.05, 0) is 39.5 Å². The number of allylic oxidation sites excluding steroid dienone is 1. The summed E-state index contributed by atoms with van der Waals surface area (Å²) in [5.74, 6) is 0.701. The van der Waals surface area contributed by atoms with Gasteiger partial charge in [0, 0.05) is 13.2 Å². The van der Waals surface area contributed by atoms with E-state index >= 15 is 0 Å². The highest BCUT2D eigenvalue weighted by atomic mass is 16.5. The molecule has 0 aromatic heterocycles. The van der Waals surface area contributed by atoms with E-state index in [1.54, 1.807) is 0 Å². The monoisotopic (exact) mass is 198 g/mol. The number of hydrogen-bond acceptors (Lipinski definition) is 2. The average molecular weight is 198 g/mol. The van der Waals surface area contributed by atoms with Gasteiger partial charge in [0.25, 0.3) is 0 Å². The lowest BCUT2D eigenvalue weighted by Gasteiger charge is -2.20. The van der Waals surface area contributed by atoms with Crippen molar-refractivity contribution in [2.45, 2.75) is 39.2 Å². The van der Waals surface area contributed by atoms with Crippen LogP contribution >= 0.6 is 0 Å². The van der Waals surface area contributed by atoms with E-state index in [-0.39, 0.29) is 5.60 Å². The molecule has 1 rings (SSSR count). The van der Waals surface area contributed by atoms with Gasteiger partial charge in [-0.25, -0.2) is 0 Å². The lowest BCUT2D eigenvalue weighted by molar-refractivity contribution is 0.0145. The minimum atomic E-state index is -0.0278. The van der Waals surface area contributed by atoms with Crippen molar-refractivity contribution in [3.63, 3.8) is 0 Å². The fraction of sp³-hybridized carbons (Fsp3) is 0.833. The van der Waals surface area contributed by atoms with Crippen LogP contribution in [-0.4, -0.2) is 25.4 Å². The Morgan fingerprint density at radius 2 is 1.93 bits per heavy atom. The lowest BCUT2D eigenvalue weighted by atomic mass is 10.00. The van der Waals surface area contributed by atoms with Gasteiger partial charge in [-0.2, -0.15) is 0 Å². The molecule has 14 heavy (non-hydrogen) atoms. The number of hydrogen-bond donors (Lipinski definition) is 0. The second-order valence-corrected chi connectivity index (χ2v) is 4.80. The smallest absolute Gasteiger partial charge is 0.0654 e. The summed E-state index contributed by atoms with van der Waals surface area (Å²) >= 11 is 0. The summed E-state index contributed by atoms with van der Waals surface area (Å²) in [6, 6.07) is 0. The standard InChI is InChI=1S/C12H22O2/c1-12(2,3)14-8-4-5-11-6-9-13-10-7-11/h4-5,11H,6-10H2,1-3H3/b5-4+. The molecule has 0 radical (unpaired) electrons. The first-order valence-corrected chi connectivity index (χ1v) is 5.46. The van der Waals surface area contributed by atoms with Crippen molar-refractivity contribution in [1.29, 1.82) is 0 Å². The van der Waals surface area contributed by atoms with E-state index in [0.717, 1.165) is 32.7 Å². The summed E-state index contributed by atoms with van der Waals surface area (Å²) < 4.78 is 10.9. The summed E-state index contributed by atoms with van der Waals surface area (Å²) in [5.41, 5.74) is -0.0278. The van der Waals surface area contributed by atoms with Gasteiger partial charge in [0.05, 0.1) is 12.2 Å². The third-order valence-corrected chi connectivity index (χ3v) is 2.29. The second kappa shape index (κ2) is 5.52. The molecule has 1 saturated heterocycles. The number of ether oxygens (including phenoxy) is 2. The van der Waals surface area contributed by atoms with Crippen LogP contribution in [0.25, 0.3) is 0 Å². The zero-order chi connectivity index (χ0) is 10.4. The van der Waals surface area contributed by atoms with Crippen molar-refractivity contribution >= 4 is 0 Å². The molecule has 0 unspecified atom stereocenters. The summed E-state index contributed by atoms with van der Waals surface area (Å²) in [6.45, 7) is 8.78. The molecule has 82 valence electrons. The van der Waals surface area contributed by atoms with Crippen molar-refractivity contribution in [1.82, 2.24) is 0 Å². The zero-order valence-corrected chi connectivity index (χ0v) is 9.58. The molecule has 2 heteroatoms. The Morgan fingerprint density at radius 1 is 1.29 bits per heavy atom. The Labute approximate surface area is 87.3 Å². The van der Waals surface area contributed by atoms with E-state index in [1.165, 1.54) is 0 Å². The molecule has 1 heterocycles. The molecule has 0 spiro atoms. The van der Waals surface area contributed by atoms with Crippen LogP contribution in [-0.2, 0) is 9.47 Å². The van der Waals surface area contributed by atoms with E-state index in [1.807, 2.05) is 0 Å². The molecular weight excluding hydrogens is 176 g/mol. The van der Waals surface area contributed by atoms with Crippen LogP contribution in [0.5, 0.6) is 0 Å². The molecule has 1 aliphatic rings. The van der Waals surface area contributed by atoms with Gasteiger partial charge >= 0.3 is 0 Å². The maximum atomic E-state index is 5.60. The van der Waals surface area contributed by atoms with Crippen molar-refractivity contribution in [2.75, 3.05) is 19.8 Å². The maximum absolute atomic E-state index is 5.60. The minimum Gasteiger partial charge on any atom is -0.381 e. The zero-order valence-electron chi connectivity index (χ0n) is 9.58. The molecule has 1 aliphatic heterocycles. The van der Waals surface area contributed by atoms with Gasteiger partial charge in [-0.15, -0.1) is 0 Å². The molecule has 0 N–H and O–H groups in total. The van der Waals surface area contributed by atoms with E-state index in [2.05, 4.69) is 32.9 Å². The van der Waals surface area contributed by atoms with Crippen LogP contribution in [0.15, 0.2) is 12.2 Å². The van der Waals surface area contributed by atoms with Crippen molar-refractivity contribution in [3.8, 4) is 0 Å². The van der Waals surface area contributed by atoms with E-state index in [4.69, 9.17) is 9.47 Å². The van der Waals surface area contributed by atoms with Crippen molar-refractivity contribution < 1.29 is 9.47 Å². The van der Waals surface area contributed by atoms with Crippen LogP contribution in [0.2, 0.25) is 0 Å². The Hall–Kier alpha value is -0.340. The van der Waals surface area contributed by atoms with Gasteiger partial charge in [0.15, 0.2) is 0 Å². The van der Waals surface area contributed by atoms with Crippen LogP contribution < -0.4 is 0 Å². The average Bonchev–Trinajstić information content (AvgIpc) is 2.13. The van der Waals surface area contributed by atoms with Gasteiger partial charge in [0.2, 0.25) is 0 Å². The SMILES string of the molecule is CC(C)(C)OC/C=C/C1CCOCC1. The fourth-order valence-electron chi connectivity index (χ4n) is 1.45. The van der Waals surface area contributed by atoms with Crippen molar-refractivity contribution in [3.05, 3.63) is 12.2 Å². The third kappa shape index (κ3) is 5.40. The normalized spacial score (nSPS) is 20.5. The highest BCUT2D eigenvalue weighted by Crippen LogP contribution is 2.16. The van der Waals surface area contributed by atoms with Gasteiger partial charge in [0.1, 0.15) is 0 Å². The summed E-state index contributed by atoms with van der Waals surface area (Å²) in [5, 5.41) is 0. The van der Waals surface area contributed by atoms with E-state index in [9.17, 15) is 0 Å². The maximum Gasteiger partial charge on any atom is 0.0654 e. The minimum absolute atomic E-state index is 0.0278. The largest absolute Gasteiger partial charge is 0.381 e. The van der Waals surface area contributed by atoms with Crippen LogP contribution in [0.4, 0.5) is 0 Å². The molecule has 0 aromatic rings. The molecule has 0 bridgehead atoms. The Balaban J connectivity index is 2.13. The molecule has 0 saturated carbocycles. The van der Waals surface area contributed by atoms with Crippen molar-refractivity contribution in [2.24, 2.45) is 5.92 Å². The molecule has 2 nitrogen and oxygen atoms in total. The van der Waals surface area contributed by atoms with Gasteiger partial charge in [-0.1, -0.05) is 12.2 Å². The molecule has 0 aliphatic carbocycles. The van der Waals surface area contributed by atoms with Crippen LogP contribution in [0, 0.1) is 5.92 Å². The first-order chi connectivity index (χ1) is 6.58. The summed E-state index contributed by atoms with van der Waals surface area (Å²) in [7, 11) is 0. The van der Waals surface area contributed by atoms with Crippen LogP contribution in [0.3, 0.4) is 0 Å². The number of rotatable bonds is 3. The quantitative estimate of drug-likeness (QED) is 0.649. The van der Waals surface area contributed by atoms with Gasteiger partial charge < -0.3 is 9.47 Å². The van der Waals surface area contributed by atoms with E-state index < -0.39 is 0 Å². The molecule has 0 atom stereocenters. The summed E-state index contributed by atoms with van der Waals surface area (Å²) in [4.78, 5) is 0. The highest BCUT2D eigenvalue weighted by Gasteiger charge is 2.11. The second-order valence-electron chi connectivity index (χ2n) is 4.80. The topological polar surface area (TPSA) is 18.5 Å². The van der Waals surface area contributed by atoms with E-state index in [0.29, 0.717) is 5.92 Å². The molecule has 0 aromatic carbocycles. The fourth-order valence-corrected chi connectivity index (χ4v) is 1.45. The third-order valence-electron chi connectivity index (χ3n) is 2.29. The predicted octanol–water partition coefficient (Wildman–Crippen LogP) is 2.78. The summed E-state index contributed by atoms with van der Waals surface area (Å²) in [6.07, 6.45) is 6.73. The van der Waals surface area contributed by atoms with Gasteiger partial charge in [-0.3, -0.25) is 0 Å². The molecular formula is C12H22O2. The van der Waals surface area contributed by atoms with Crippen LogP contribution in [0.1, 0.15) is 33.6 Å². The Kier molecular flexibility index (Phi) is 4.63. The first-order valence-electron chi connectivity index (χ1n) is 5.46. The lowest BCUT2D eigenvalue weighted by Crippen LogP contribution is -2.19. The Morgan fingerprint density at radius 3 is 2.50 bits per heavy atom. The molecule has 0 amide bonds. The predicted molar refractivity (Wildman–Crippen MR) is 58.4 cm³/mol. The highest BCUT2D eigenvalue weighted by molar-refractivity contribution is 4.89.